The molecule has 0 atom stereocenters. The summed E-state index contributed by atoms with van der Waals surface area (Å²) in [5, 5.41) is 4.89. The van der Waals surface area contributed by atoms with Crippen LogP contribution in [-0.2, 0) is 17.9 Å². The number of carbonyl (C=O) groups excluding carboxylic acids is 2. The molecule has 0 bridgehead atoms. The number of hydrogen-bond donors (Lipinski definition) is 4. The van der Waals surface area contributed by atoms with Crippen LogP contribution in [0.4, 0.5) is 16.3 Å². The van der Waals surface area contributed by atoms with Crippen LogP contribution in [0.5, 0.6) is 0 Å². The molecule has 1 heterocycles. The van der Waals surface area contributed by atoms with Gasteiger partial charge in [0.2, 0.25) is 5.91 Å². The van der Waals surface area contributed by atoms with E-state index in [9.17, 15) is 19.2 Å². The number of aromatic amines is 1. The Morgan fingerprint density at radius 2 is 1.88 bits per heavy atom. The van der Waals surface area contributed by atoms with E-state index in [-0.39, 0.29) is 30.5 Å². The van der Waals surface area contributed by atoms with Gasteiger partial charge in [0.25, 0.3) is 5.56 Å². The first-order valence-electron chi connectivity index (χ1n) is 10.7. The average Bonchev–Trinajstić information content (AvgIpc) is 2.73. The van der Waals surface area contributed by atoms with Crippen LogP contribution in [0.25, 0.3) is 0 Å². The van der Waals surface area contributed by atoms with Gasteiger partial charge in [0.05, 0.1) is 6.54 Å². The van der Waals surface area contributed by atoms with Crippen molar-refractivity contribution in [2.24, 2.45) is 5.92 Å². The monoisotopic (exact) mass is 444 g/mol. The summed E-state index contributed by atoms with van der Waals surface area (Å²) in [6.45, 7) is 6.52. The molecule has 0 aliphatic carbocycles. The van der Waals surface area contributed by atoms with Crippen LogP contribution in [0, 0.1) is 5.92 Å². The third kappa shape index (κ3) is 7.00. The van der Waals surface area contributed by atoms with Crippen molar-refractivity contribution in [3.63, 3.8) is 0 Å². The van der Waals surface area contributed by atoms with E-state index in [0.717, 1.165) is 12.0 Å². The van der Waals surface area contributed by atoms with Crippen molar-refractivity contribution < 1.29 is 9.59 Å². The summed E-state index contributed by atoms with van der Waals surface area (Å²) in [6.07, 6.45) is 1.51. The largest absolute Gasteiger partial charge is 0.383 e. The molecule has 32 heavy (non-hydrogen) atoms. The van der Waals surface area contributed by atoms with Gasteiger partial charge in [0.15, 0.2) is 0 Å². The second kappa shape index (κ2) is 11.7. The third-order valence-corrected chi connectivity index (χ3v) is 4.74. The van der Waals surface area contributed by atoms with E-state index >= 15 is 0 Å². The molecule has 0 fully saturated rings. The van der Waals surface area contributed by atoms with Gasteiger partial charge < -0.3 is 16.0 Å². The van der Waals surface area contributed by atoms with Gasteiger partial charge in [-0.15, -0.1) is 0 Å². The van der Waals surface area contributed by atoms with Crippen LogP contribution in [0.3, 0.4) is 0 Å². The minimum atomic E-state index is -0.662. The molecule has 0 aliphatic rings. The predicted molar refractivity (Wildman–Crippen MR) is 125 cm³/mol. The molecule has 0 aliphatic heterocycles. The third-order valence-electron chi connectivity index (χ3n) is 4.74. The number of anilines is 2. The number of unbranched alkanes of at least 4 members (excludes halogenated alkanes) is 1. The van der Waals surface area contributed by atoms with E-state index < -0.39 is 23.2 Å². The van der Waals surface area contributed by atoms with Crippen molar-refractivity contribution in [3.8, 4) is 0 Å². The summed E-state index contributed by atoms with van der Waals surface area (Å²) in [5.74, 6) is -0.466. The van der Waals surface area contributed by atoms with Crippen LogP contribution in [0.1, 0.15) is 39.2 Å². The van der Waals surface area contributed by atoms with Crippen molar-refractivity contribution in [1.82, 2.24) is 20.2 Å². The first-order valence-corrected chi connectivity index (χ1v) is 10.7. The second-order valence-electron chi connectivity index (χ2n) is 7.99. The Hall–Kier alpha value is -3.56. The standard InChI is InChI=1S/C22H32N6O4/c1-4-5-11-27(18-19(23)28(13-15(2)3)22(32)26-20(18)30)14-17(29)25-21(31)24-12-16-9-7-6-8-10-16/h6-10,15H,4-5,11-14,23H2,1-3H3,(H,26,30,32)(H2,24,25,29,31). The van der Waals surface area contributed by atoms with Crippen molar-refractivity contribution >= 4 is 23.4 Å². The molecule has 0 radical (unpaired) electrons. The predicted octanol–water partition coefficient (Wildman–Crippen LogP) is 1.41. The van der Waals surface area contributed by atoms with Crippen LogP contribution in [0.2, 0.25) is 0 Å². The lowest BCUT2D eigenvalue weighted by Crippen LogP contribution is -2.47. The first-order chi connectivity index (χ1) is 15.2. The number of imide groups is 1. The minimum Gasteiger partial charge on any atom is -0.383 e. The fourth-order valence-electron chi connectivity index (χ4n) is 3.21. The quantitative estimate of drug-likeness (QED) is 0.436. The fraction of sp³-hybridized carbons (Fsp3) is 0.455. The Morgan fingerprint density at radius 3 is 2.50 bits per heavy atom. The highest BCUT2D eigenvalue weighted by molar-refractivity contribution is 5.96. The minimum absolute atomic E-state index is 0.00452. The number of urea groups is 1. The molecule has 0 spiro atoms. The van der Waals surface area contributed by atoms with E-state index in [4.69, 9.17) is 5.73 Å². The highest BCUT2D eigenvalue weighted by Gasteiger charge is 2.22. The molecule has 174 valence electrons. The lowest BCUT2D eigenvalue weighted by atomic mass is 10.2. The molecule has 0 unspecified atom stereocenters. The molecule has 10 nitrogen and oxygen atoms in total. The summed E-state index contributed by atoms with van der Waals surface area (Å²) in [5.41, 5.74) is 5.88. The Morgan fingerprint density at radius 1 is 1.19 bits per heavy atom. The molecule has 0 saturated heterocycles. The zero-order chi connectivity index (χ0) is 23.7. The number of carbonyl (C=O) groups is 2. The van der Waals surface area contributed by atoms with Crippen LogP contribution in [0.15, 0.2) is 39.9 Å². The van der Waals surface area contributed by atoms with Gasteiger partial charge >= 0.3 is 11.7 Å². The van der Waals surface area contributed by atoms with Crippen molar-refractivity contribution in [3.05, 3.63) is 56.7 Å². The number of nitrogens with one attached hydrogen (secondary N) is 3. The van der Waals surface area contributed by atoms with Crippen molar-refractivity contribution in [2.45, 2.75) is 46.7 Å². The van der Waals surface area contributed by atoms with E-state index in [1.165, 1.54) is 9.47 Å². The molecule has 2 rings (SSSR count). The van der Waals surface area contributed by atoms with Gasteiger partial charge in [0, 0.05) is 19.6 Å². The maximum atomic E-state index is 12.6. The smallest absolute Gasteiger partial charge is 0.330 e. The maximum absolute atomic E-state index is 12.6. The number of aromatic nitrogens is 2. The topological polar surface area (TPSA) is 142 Å². The molecule has 1 aromatic heterocycles. The number of nitrogens with two attached hydrogens (primary N) is 1. The van der Waals surface area contributed by atoms with E-state index in [0.29, 0.717) is 19.5 Å². The summed E-state index contributed by atoms with van der Waals surface area (Å²) < 4.78 is 1.30. The Labute approximate surface area is 186 Å². The average molecular weight is 445 g/mol. The number of benzene rings is 1. The lowest BCUT2D eigenvalue weighted by Gasteiger charge is -2.25. The van der Waals surface area contributed by atoms with Gasteiger partial charge in [-0.05, 0) is 17.9 Å². The summed E-state index contributed by atoms with van der Waals surface area (Å²) >= 11 is 0. The van der Waals surface area contributed by atoms with E-state index in [1.807, 2.05) is 51.1 Å². The van der Waals surface area contributed by atoms with Crippen molar-refractivity contribution in [1.29, 1.82) is 0 Å². The molecular weight excluding hydrogens is 412 g/mol. The zero-order valence-corrected chi connectivity index (χ0v) is 18.8. The number of hydrogen-bond acceptors (Lipinski definition) is 6. The number of rotatable bonds is 10. The highest BCUT2D eigenvalue weighted by Crippen LogP contribution is 2.18. The van der Waals surface area contributed by atoms with Gasteiger partial charge in [0.1, 0.15) is 11.5 Å². The van der Waals surface area contributed by atoms with Crippen LogP contribution in [-0.4, -0.2) is 34.6 Å². The summed E-state index contributed by atoms with van der Waals surface area (Å²) in [4.78, 5) is 53.2. The molecule has 5 N–H and O–H groups in total. The number of amides is 3. The fourth-order valence-corrected chi connectivity index (χ4v) is 3.21. The molecule has 3 amide bonds. The SMILES string of the molecule is CCCCN(CC(=O)NC(=O)NCc1ccccc1)c1c(N)n(CC(C)C)c(=O)[nH]c1=O. The second-order valence-corrected chi connectivity index (χ2v) is 7.99. The van der Waals surface area contributed by atoms with Crippen LogP contribution < -0.4 is 32.5 Å². The first kappa shape index (κ1) is 24.7. The molecule has 10 heteroatoms. The van der Waals surface area contributed by atoms with Gasteiger partial charge in [-0.2, -0.15) is 0 Å². The number of nitrogens with zero attached hydrogens (tertiary/aromatic N) is 2. The summed E-state index contributed by atoms with van der Waals surface area (Å²) in [6, 6.07) is 8.65. The van der Waals surface area contributed by atoms with E-state index in [2.05, 4.69) is 15.6 Å². The Balaban J connectivity index is 2.16. The van der Waals surface area contributed by atoms with Gasteiger partial charge in [-0.3, -0.25) is 24.5 Å². The highest BCUT2D eigenvalue weighted by atomic mass is 16.2. The number of H-pyrrole nitrogens is 1. The molecule has 0 saturated carbocycles. The molecule has 2 aromatic rings. The molecular formula is C22H32N6O4. The van der Waals surface area contributed by atoms with Crippen LogP contribution >= 0.6 is 0 Å². The van der Waals surface area contributed by atoms with E-state index in [1.54, 1.807) is 0 Å². The lowest BCUT2D eigenvalue weighted by molar-refractivity contribution is -0.118. The number of nitrogen functional groups attached to an aromatic ring is 1. The Kier molecular flexibility index (Phi) is 9.06. The van der Waals surface area contributed by atoms with Crippen molar-refractivity contribution in [2.75, 3.05) is 23.7 Å². The maximum Gasteiger partial charge on any atom is 0.330 e. The summed E-state index contributed by atoms with van der Waals surface area (Å²) in [7, 11) is 0. The Bertz CT molecular complexity index is 1030. The normalized spacial score (nSPS) is 10.8. The van der Waals surface area contributed by atoms with Gasteiger partial charge in [-0.25, -0.2) is 9.59 Å². The zero-order valence-electron chi connectivity index (χ0n) is 18.8. The molecule has 1 aromatic carbocycles. The van der Waals surface area contributed by atoms with Gasteiger partial charge in [-0.1, -0.05) is 57.5 Å².